The highest BCUT2D eigenvalue weighted by molar-refractivity contribution is 5.83. The molecule has 0 aliphatic rings. The molecule has 122 valence electrons. The highest BCUT2D eigenvalue weighted by Gasteiger charge is 2.23. The number of carboxylic acid groups (broad SMARTS) is 1. The molecule has 0 spiro atoms. The third-order valence-electron chi connectivity index (χ3n) is 3.43. The van der Waals surface area contributed by atoms with Gasteiger partial charge in [0.2, 0.25) is 5.91 Å². The number of carbonyl (C=O) groups is 2. The molecule has 0 unspecified atom stereocenters. The first kappa shape index (κ1) is 16.6. The van der Waals surface area contributed by atoms with Crippen molar-refractivity contribution in [1.82, 2.24) is 20.3 Å². The number of hydrogen-bond acceptors (Lipinski definition) is 5. The number of rotatable bonds is 6. The van der Waals surface area contributed by atoms with Crippen LogP contribution in [0, 0.1) is 5.92 Å². The molecule has 1 atom stereocenters. The second-order valence-electron chi connectivity index (χ2n) is 5.51. The maximum Gasteiger partial charge on any atom is 0.326 e. The van der Waals surface area contributed by atoms with Crippen molar-refractivity contribution >= 4 is 22.8 Å². The lowest BCUT2D eigenvalue weighted by molar-refractivity contribution is -0.143. The van der Waals surface area contributed by atoms with E-state index in [1.54, 1.807) is 38.1 Å². The van der Waals surface area contributed by atoms with Gasteiger partial charge in [0.15, 0.2) is 0 Å². The lowest BCUT2D eigenvalue weighted by atomic mass is 10.0. The van der Waals surface area contributed by atoms with Crippen molar-refractivity contribution in [2.45, 2.75) is 32.9 Å². The van der Waals surface area contributed by atoms with Gasteiger partial charge in [0.25, 0.3) is 5.56 Å². The van der Waals surface area contributed by atoms with Gasteiger partial charge >= 0.3 is 5.97 Å². The van der Waals surface area contributed by atoms with Gasteiger partial charge in [0.1, 0.15) is 11.6 Å². The van der Waals surface area contributed by atoms with Crippen LogP contribution in [0.2, 0.25) is 0 Å². The van der Waals surface area contributed by atoms with Gasteiger partial charge < -0.3 is 10.4 Å². The highest BCUT2D eigenvalue weighted by Crippen LogP contribution is 2.04. The van der Waals surface area contributed by atoms with E-state index >= 15 is 0 Å². The van der Waals surface area contributed by atoms with Crippen LogP contribution in [0.25, 0.3) is 10.9 Å². The molecule has 2 N–H and O–H groups in total. The first-order chi connectivity index (χ1) is 10.9. The summed E-state index contributed by atoms with van der Waals surface area (Å²) in [5.74, 6) is -1.77. The minimum Gasteiger partial charge on any atom is -0.480 e. The number of aliphatic carboxylic acids is 1. The average molecular weight is 318 g/mol. The predicted octanol–water partition coefficient (Wildman–Crippen LogP) is 0.407. The van der Waals surface area contributed by atoms with Gasteiger partial charge in [0.05, 0.1) is 11.9 Å². The molecule has 2 rings (SSSR count). The molecule has 0 aliphatic carbocycles. The number of benzene rings is 1. The molecule has 23 heavy (non-hydrogen) atoms. The Balaban J connectivity index is 2.06. The Morgan fingerprint density at radius 3 is 2.65 bits per heavy atom. The molecule has 0 radical (unpaired) electrons. The van der Waals surface area contributed by atoms with Crippen LogP contribution in [0.3, 0.4) is 0 Å². The number of carboxylic acids is 1. The second-order valence-corrected chi connectivity index (χ2v) is 5.51. The Morgan fingerprint density at radius 2 is 2.00 bits per heavy atom. The SMILES string of the molecule is CC(C)[C@H](NC(=O)CCn1nnc2ccccc2c1=O)C(=O)O. The van der Waals surface area contributed by atoms with Gasteiger partial charge in [-0.1, -0.05) is 31.2 Å². The Labute approximate surface area is 132 Å². The van der Waals surface area contributed by atoms with E-state index in [1.165, 1.54) is 0 Å². The molecule has 0 fully saturated rings. The lowest BCUT2D eigenvalue weighted by Gasteiger charge is -2.17. The Hall–Kier alpha value is -2.77. The summed E-state index contributed by atoms with van der Waals surface area (Å²) in [7, 11) is 0. The topological polar surface area (TPSA) is 114 Å². The number of hydrogen-bond donors (Lipinski definition) is 2. The van der Waals surface area contributed by atoms with Crippen LogP contribution in [0.4, 0.5) is 0 Å². The fourth-order valence-electron chi connectivity index (χ4n) is 2.14. The third-order valence-corrected chi connectivity index (χ3v) is 3.43. The largest absolute Gasteiger partial charge is 0.480 e. The fraction of sp³-hybridized carbons (Fsp3) is 0.400. The van der Waals surface area contributed by atoms with E-state index in [-0.39, 0.29) is 24.4 Å². The van der Waals surface area contributed by atoms with E-state index in [9.17, 15) is 14.4 Å². The zero-order valence-corrected chi connectivity index (χ0v) is 12.9. The summed E-state index contributed by atoms with van der Waals surface area (Å²) in [4.78, 5) is 35.1. The third kappa shape index (κ3) is 3.91. The van der Waals surface area contributed by atoms with Crippen LogP contribution in [0.15, 0.2) is 29.1 Å². The van der Waals surface area contributed by atoms with Crippen molar-refractivity contribution < 1.29 is 14.7 Å². The minimum atomic E-state index is -1.09. The lowest BCUT2D eigenvalue weighted by Crippen LogP contribution is -2.44. The van der Waals surface area contributed by atoms with Crippen molar-refractivity contribution in [3.63, 3.8) is 0 Å². The molecular weight excluding hydrogens is 300 g/mol. The highest BCUT2D eigenvalue weighted by atomic mass is 16.4. The maximum atomic E-state index is 12.2. The molecule has 1 aromatic heterocycles. The van der Waals surface area contributed by atoms with Crippen molar-refractivity contribution in [2.24, 2.45) is 5.92 Å². The predicted molar refractivity (Wildman–Crippen MR) is 82.8 cm³/mol. The molecule has 8 heteroatoms. The molecule has 0 bridgehead atoms. The average Bonchev–Trinajstić information content (AvgIpc) is 2.51. The maximum absolute atomic E-state index is 12.2. The number of carbonyl (C=O) groups excluding carboxylic acids is 1. The summed E-state index contributed by atoms with van der Waals surface area (Å²) in [5.41, 5.74) is 0.158. The summed E-state index contributed by atoms with van der Waals surface area (Å²) >= 11 is 0. The van der Waals surface area contributed by atoms with Crippen molar-refractivity contribution in [3.05, 3.63) is 34.6 Å². The monoisotopic (exact) mass is 318 g/mol. The summed E-state index contributed by atoms with van der Waals surface area (Å²) < 4.78 is 1.10. The number of fused-ring (bicyclic) bond motifs is 1. The zero-order valence-electron chi connectivity index (χ0n) is 12.9. The molecule has 1 heterocycles. The Morgan fingerprint density at radius 1 is 1.30 bits per heavy atom. The van der Waals surface area contributed by atoms with Gasteiger partial charge in [-0.15, -0.1) is 5.10 Å². The van der Waals surface area contributed by atoms with Gasteiger partial charge in [-0.2, -0.15) is 0 Å². The molecule has 8 nitrogen and oxygen atoms in total. The molecule has 0 aliphatic heterocycles. The van der Waals surface area contributed by atoms with E-state index in [2.05, 4.69) is 15.6 Å². The normalized spacial score (nSPS) is 12.3. The van der Waals surface area contributed by atoms with Gasteiger partial charge in [0, 0.05) is 6.42 Å². The summed E-state index contributed by atoms with van der Waals surface area (Å²) in [5, 5.41) is 19.6. The van der Waals surface area contributed by atoms with E-state index in [0.29, 0.717) is 10.9 Å². The summed E-state index contributed by atoms with van der Waals surface area (Å²) in [6.45, 7) is 3.45. The molecular formula is C15H18N4O4. The van der Waals surface area contributed by atoms with Gasteiger partial charge in [-0.25, -0.2) is 9.48 Å². The molecule has 1 amide bonds. The van der Waals surface area contributed by atoms with Crippen LogP contribution < -0.4 is 10.9 Å². The van der Waals surface area contributed by atoms with E-state index in [4.69, 9.17) is 5.11 Å². The van der Waals surface area contributed by atoms with Gasteiger partial charge in [-0.05, 0) is 18.1 Å². The number of nitrogens with zero attached hydrogens (tertiary/aromatic N) is 3. The Kier molecular flexibility index (Phi) is 5.05. The zero-order chi connectivity index (χ0) is 17.0. The van der Waals surface area contributed by atoms with Crippen molar-refractivity contribution in [1.29, 1.82) is 0 Å². The van der Waals surface area contributed by atoms with Crippen molar-refractivity contribution in [3.8, 4) is 0 Å². The fourth-order valence-corrected chi connectivity index (χ4v) is 2.14. The quantitative estimate of drug-likeness (QED) is 0.797. The van der Waals surface area contributed by atoms with Gasteiger partial charge in [-0.3, -0.25) is 9.59 Å². The standard InChI is InChI=1S/C15H18N4O4/c1-9(2)13(15(22)23)16-12(20)7-8-19-14(21)10-5-3-4-6-11(10)17-18-19/h3-6,9,13H,7-8H2,1-2H3,(H,16,20)(H,22,23)/t13-/m0/s1. The number of amides is 1. The van der Waals surface area contributed by atoms with Crippen molar-refractivity contribution in [2.75, 3.05) is 0 Å². The molecule has 0 saturated heterocycles. The van der Waals surface area contributed by atoms with E-state index < -0.39 is 17.9 Å². The van der Waals surface area contributed by atoms with E-state index in [1.807, 2.05) is 0 Å². The van der Waals surface area contributed by atoms with E-state index in [0.717, 1.165) is 4.68 Å². The minimum absolute atomic E-state index is 0.0347. The smallest absolute Gasteiger partial charge is 0.326 e. The van der Waals surface area contributed by atoms with Crippen LogP contribution in [-0.4, -0.2) is 38.0 Å². The first-order valence-electron chi connectivity index (χ1n) is 7.25. The van der Waals surface area contributed by atoms with Crippen LogP contribution in [0.1, 0.15) is 20.3 Å². The number of nitrogens with one attached hydrogen (secondary N) is 1. The second kappa shape index (κ2) is 6.99. The molecule has 0 saturated carbocycles. The molecule has 1 aromatic carbocycles. The summed E-state index contributed by atoms with van der Waals surface area (Å²) in [6.07, 6.45) is -0.0522. The Bertz CT molecular complexity index is 784. The number of aryl methyl sites for hydroxylation is 1. The number of aromatic nitrogens is 3. The first-order valence-corrected chi connectivity index (χ1v) is 7.25. The van der Waals surface area contributed by atoms with Crippen LogP contribution in [-0.2, 0) is 16.1 Å². The van der Waals surface area contributed by atoms with Crippen LogP contribution in [0.5, 0.6) is 0 Å². The van der Waals surface area contributed by atoms with Crippen LogP contribution >= 0.6 is 0 Å². The molecule has 2 aromatic rings. The summed E-state index contributed by atoms with van der Waals surface area (Å²) in [6, 6.07) is 5.85.